The lowest BCUT2D eigenvalue weighted by molar-refractivity contribution is 0.0657. The summed E-state index contributed by atoms with van der Waals surface area (Å²) in [6.45, 7) is 1.13. The highest BCUT2D eigenvalue weighted by Crippen LogP contribution is 2.36. The van der Waals surface area contributed by atoms with Gasteiger partial charge < -0.3 is 10.2 Å². The maximum Gasteiger partial charge on any atom is 0.242 e. The van der Waals surface area contributed by atoms with Crippen molar-refractivity contribution in [1.29, 1.82) is 0 Å². The summed E-state index contributed by atoms with van der Waals surface area (Å²) in [4.78, 5) is 3.47. The number of likely N-dealkylation sites (N-methyl/N-ethyl adjacent to an activating group) is 1. The topological polar surface area (TPSA) is 61.4 Å². The van der Waals surface area contributed by atoms with Crippen molar-refractivity contribution < 1.29 is 8.42 Å². The van der Waals surface area contributed by atoms with E-state index in [1.807, 2.05) is 21.1 Å². The Kier molecular flexibility index (Phi) is 5.49. The average molecular weight is 396 g/mol. The van der Waals surface area contributed by atoms with Gasteiger partial charge in [0.15, 0.2) is 0 Å². The van der Waals surface area contributed by atoms with Gasteiger partial charge >= 0.3 is 0 Å². The van der Waals surface area contributed by atoms with E-state index in [2.05, 4.69) is 30.9 Å². The van der Waals surface area contributed by atoms with Gasteiger partial charge in [0.05, 0.1) is 3.79 Å². The first kappa shape index (κ1) is 17.4. The van der Waals surface area contributed by atoms with Gasteiger partial charge in [-0.2, -0.15) is 0 Å². The monoisotopic (exact) mass is 395 g/mol. The SMILES string of the molecule is CNCc1cc(S(=O)(=O)NCC2(N(C)C)CCC2)c(Br)s1. The number of hydrogen-bond donors (Lipinski definition) is 2. The number of nitrogens with zero attached hydrogens (tertiary/aromatic N) is 1. The van der Waals surface area contributed by atoms with E-state index in [0.717, 1.165) is 24.1 Å². The third kappa shape index (κ3) is 3.68. The summed E-state index contributed by atoms with van der Waals surface area (Å²) in [7, 11) is 2.40. The molecule has 1 aromatic rings. The normalized spacial score (nSPS) is 18.0. The molecular formula is C13H22BrN3O2S2. The van der Waals surface area contributed by atoms with Crippen LogP contribution in [-0.2, 0) is 16.6 Å². The molecule has 2 rings (SSSR count). The fourth-order valence-electron chi connectivity index (χ4n) is 2.52. The van der Waals surface area contributed by atoms with Crippen LogP contribution < -0.4 is 10.0 Å². The maximum atomic E-state index is 12.5. The third-order valence-electron chi connectivity index (χ3n) is 4.17. The van der Waals surface area contributed by atoms with Crippen molar-refractivity contribution in [2.24, 2.45) is 0 Å². The molecule has 2 N–H and O–H groups in total. The zero-order valence-electron chi connectivity index (χ0n) is 12.6. The van der Waals surface area contributed by atoms with Crippen molar-refractivity contribution in [3.63, 3.8) is 0 Å². The molecule has 0 amide bonds. The fourth-order valence-corrected chi connectivity index (χ4v) is 6.33. The van der Waals surface area contributed by atoms with E-state index in [0.29, 0.717) is 21.8 Å². The highest BCUT2D eigenvalue weighted by molar-refractivity contribution is 9.11. The van der Waals surface area contributed by atoms with Gasteiger partial charge in [-0.1, -0.05) is 0 Å². The van der Waals surface area contributed by atoms with Crippen LogP contribution in [0.15, 0.2) is 14.7 Å². The van der Waals surface area contributed by atoms with Crippen LogP contribution in [0.1, 0.15) is 24.1 Å². The number of sulfonamides is 1. The molecule has 21 heavy (non-hydrogen) atoms. The van der Waals surface area contributed by atoms with Crippen LogP contribution in [0.4, 0.5) is 0 Å². The third-order valence-corrected chi connectivity index (χ3v) is 7.82. The molecule has 0 bridgehead atoms. The van der Waals surface area contributed by atoms with Crippen LogP contribution in [0.2, 0.25) is 0 Å². The van der Waals surface area contributed by atoms with Gasteiger partial charge in [0.2, 0.25) is 10.0 Å². The zero-order chi connectivity index (χ0) is 15.7. The van der Waals surface area contributed by atoms with Crippen molar-refractivity contribution in [3.05, 3.63) is 14.7 Å². The molecule has 0 unspecified atom stereocenters. The highest BCUT2D eigenvalue weighted by Gasteiger charge is 2.40. The minimum atomic E-state index is -3.47. The largest absolute Gasteiger partial charge is 0.315 e. The summed E-state index contributed by atoms with van der Waals surface area (Å²) < 4.78 is 28.5. The summed E-state index contributed by atoms with van der Waals surface area (Å²) in [5.41, 5.74) is -0.0244. The number of nitrogens with one attached hydrogen (secondary N) is 2. The minimum Gasteiger partial charge on any atom is -0.315 e. The molecule has 0 atom stereocenters. The first-order valence-electron chi connectivity index (χ1n) is 6.91. The molecule has 8 heteroatoms. The Hall–Kier alpha value is 0.01000. The predicted octanol–water partition coefficient (Wildman–Crippen LogP) is 1.99. The number of hydrogen-bond acceptors (Lipinski definition) is 5. The van der Waals surface area contributed by atoms with Crippen LogP contribution >= 0.6 is 27.3 Å². The van der Waals surface area contributed by atoms with Crippen LogP contribution in [0.5, 0.6) is 0 Å². The minimum absolute atomic E-state index is 0.0244. The average Bonchev–Trinajstić information content (AvgIpc) is 2.69. The molecular weight excluding hydrogens is 374 g/mol. The Morgan fingerprint density at radius 3 is 2.57 bits per heavy atom. The van der Waals surface area contributed by atoms with E-state index in [9.17, 15) is 8.42 Å². The Balaban J connectivity index is 2.11. The van der Waals surface area contributed by atoms with Gasteiger partial charge in [-0.25, -0.2) is 13.1 Å². The summed E-state index contributed by atoms with van der Waals surface area (Å²) in [5.74, 6) is 0. The number of rotatable bonds is 7. The van der Waals surface area contributed by atoms with E-state index in [1.165, 1.54) is 11.3 Å². The Labute approximate surface area is 139 Å². The van der Waals surface area contributed by atoms with Crippen LogP contribution in [0.25, 0.3) is 0 Å². The van der Waals surface area contributed by atoms with Gasteiger partial charge in [0.1, 0.15) is 4.90 Å². The molecule has 0 aromatic carbocycles. The highest BCUT2D eigenvalue weighted by atomic mass is 79.9. The van der Waals surface area contributed by atoms with Crippen molar-refractivity contribution >= 4 is 37.3 Å². The van der Waals surface area contributed by atoms with Crippen LogP contribution in [0.3, 0.4) is 0 Å². The summed E-state index contributed by atoms with van der Waals surface area (Å²) in [5, 5.41) is 3.03. The molecule has 1 aliphatic carbocycles. The quantitative estimate of drug-likeness (QED) is 0.740. The Morgan fingerprint density at radius 1 is 1.43 bits per heavy atom. The molecule has 0 aliphatic heterocycles. The molecule has 0 saturated heterocycles. The van der Waals surface area contributed by atoms with Gasteiger partial charge in [0.25, 0.3) is 0 Å². The van der Waals surface area contributed by atoms with E-state index >= 15 is 0 Å². The van der Waals surface area contributed by atoms with Crippen molar-refractivity contribution in [2.75, 3.05) is 27.7 Å². The van der Waals surface area contributed by atoms with E-state index in [-0.39, 0.29) is 5.54 Å². The molecule has 1 saturated carbocycles. The molecule has 1 aliphatic rings. The molecule has 1 fully saturated rings. The first-order valence-corrected chi connectivity index (χ1v) is 10.00. The zero-order valence-corrected chi connectivity index (χ0v) is 15.8. The fraction of sp³-hybridized carbons (Fsp3) is 0.692. The summed E-state index contributed by atoms with van der Waals surface area (Å²) in [6, 6.07) is 1.73. The molecule has 1 heterocycles. The number of thiophene rings is 1. The van der Waals surface area contributed by atoms with Crippen molar-refractivity contribution in [3.8, 4) is 0 Å². The first-order chi connectivity index (χ1) is 9.81. The number of halogens is 1. The maximum absolute atomic E-state index is 12.5. The van der Waals surface area contributed by atoms with Crippen molar-refractivity contribution in [2.45, 2.75) is 36.2 Å². The van der Waals surface area contributed by atoms with Gasteiger partial charge in [-0.3, -0.25) is 0 Å². The van der Waals surface area contributed by atoms with E-state index < -0.39 is 10.0 Å². The summed E-state index contributed by atoms with van der Waals surface area (Å²) >= 11 is 4.81. The summed E-state index contributed by atoms with van der Waals surface area (Å²) in [6.07, 6.45) is 3.24. The second-order valence-electron chi connectivity index (χ2n) is 5.68. The van der Waals surface area contributed by atoms with Crippen LogP contribution in [0, 0.1) is 0 Å². The molecule has 1 aromatic heterocycles. The van der Waals surface area contributed by atoms with E-state index in [4.69, 9.17) is 0 Å². The van der Waals surface area contributed by atoms with Gasteiger partial charge in [-0.15, -0.1) is 11.3 Å². The second-order valence-corrected chi connectivity index (χ2v) is 9.87. The van der Waals surface area contributed by atoms with Crippen LogP contribution in [-0.4, -0.2) is 46.5 Å². The molecule has 5 nitrogen and oxygen atoms in total. The predicted molar refractivity (Wildman–Crippen MR) is 90.2 cm³/mol. The molecule has 0 spiro atoms. The molecule has 120 valence electrons. The lowest BCUT2D eigenvalue weighted by atomic mass is 9.76. The van der Waals surface area contributed by atoms with Crippen molar-refractivity contribution in [1.82, 2.24) is 14.9 Å². The lowest BCUT2D eigenvalue weighted by Crippen LogP contribution is -2.57. The van der Waals surface area contributed by atoms with E-state index in [1.54, 1.807) is 6.07 Å². The Morgan fingerprint density at radius 2 is 2.10 bits per heavy atom. The lowest BCUT2D eigenvalue weighted by Gasteiger charge is -2.47. The van der Waals surface area contributed by atoms with Gasteiger partial charge in [0, 0.05) is 23.5 Å². The van der Waals surface area contributed by atoms with Gasteiger partial charge in [-0.05, 0) is 62.4 Å². The Bertz CT molecular complexity index is 595. The smallest absolute Gasteiger partial charge is 0.242 e. The second kappa shape index (κ2) is 6.64. The standard InChI is InChI=1S/C13H22BrN3O2S2/c1-15-8-10-7-11(12(14)20-10)21(18,19)16-9-13(17(2)3)5-4-6-13/h7,15-16H,4-6,8-9H2,1-3H3. The molecule has 0 radical (unpaired) electrons.